The molecule has 0 N–H and O–H groups in total. The predicted octanol–water partition coefficient (Wildman–Crippen LogP) is 2.58. The minimum Gasteiger partial charge on any atom is -0.350 e. The lowest BCUT2D eigenvalue weighted by Crippen LogP contribution is -2.37. The van der Waals surface area contributed by atoms with Crippen LogP contribution in [0.25, 0.3) is 0 Å². The third-order valence-corrected chi connectivity index (χ3v) is 3.80. The Labute approximate surface area is 102 Å². The highest BCUT2D eigenvalue weighted by atomic mass is 16.8. The molecule has 0 aromatic heterocycles. The lowest BCUT2D eigenvalue weighted by molar-refractivity contribution is -0.228. The van der Waals surface area contributed by atoms with E-state index in [1.165, 1.54) is 5.56 Å². The second-order valence-corrected chi connectivity index (χ2v) is 4.90. The van der Waals surface area contributed by atoms with Crippen molar-refractivity contribution in [3.05, 3.63) is 35.9 Å². The maximum atomic E-state index is 5.83. The number of ether oxygens (including phenoxy) is 1. The Morgan fingerprint density at radius 1 is 1.29 bits per heavy atom. The average molecular weight is 233 g/mol. The zero-order chi connectivity index (χ0) is 11.7. The lowest BCUT2D eigenvalue weighted by atomic mass is 9.93. The molecule has 0 spiro atoms. The molecule has 0 aliphatic carbocycles. The van der Waals surface area contributed by atoms with Crippen LogP contribution in [0.15, 0.2) is 30.3 Å². The van der Waals surface area contributed by atoms with E-state index in [1.807, 2.05) is 6.07 Å². The molecule has 2 fully saturated rings. The molecule has 0 radical (unpaired) electrons. The maximum absolute atomic E-state index is 5.83. The zero-order valence-electron chi connectivity index (χ0n) is 10.2. The molecule has 2 aliphatic heterocycles. The molecule has 3 heteroatoms. The Morgan fingerprint density at radius 3 is 2.88 bits per heavy atom. The van der Waals surface area contributed by atoms with Crippen LogP contribution in [-0.4, -0.2) is 24.0 Å². The summed E-state index contributed by atoms with van der Waals surface area (Å²) in [6.45, 7) is 3.94. The molecule has 0 amide bonds. The van der Waals surface area contributed by atoms with Crippen molar-refractivity contribution < 1.29 is 9.57 Å². The zero-order valence-corrected chi connectivity index (χ0v) is 10.2. The second kappa shape index (κ2) is 4.77. The van der Waals surface area contributed by atoms with Gasteiger partial charge in [-0.2, -0.15) is 5.06 Å². The summed E-state index contributed by atoms with van der Waals surface area (Å²) in [6, 6.07) is 11.0. The van der Waals surface area contributed by atoms with Gasteiger partial charge in [-0.05, 0) is 12.0 Å². The molecule has 2 bridgehead atoms. The van der Waals surface area contributed by atoms with Crippen LogP contribution in [0.3, 0.4) is 0 Å². The third-order valence-electron chi connectivity index (χ3n) is 3.80. The van der Waals surface area contributed by atoms with Crippen molar-refractivity contribution in [2.45, 2.75) is 38.6 Å². The van der Waals surface area contributed by atoms with Crippen LogP contribution in [0.2, 0.25) is 0 Å². The van der Waals surface area contributed by atoms with Gasteiger partial charge >= 0.3 is 0 Å². The summed E-state index contributed by atoms with van der Waals surface area (Å²) in [4.78, 5) is 5.83. The van der Waals surface area contributed by atoms with Crippen LogP contribution in [0.4, 0.5) is 0 Å². The molecule has 1 aromatic carbocycles. The first kappa shape index (κ1) is 11.2. The number of nitrogens with zero attached hydrogens (tertiary/aromatic N) is 1. The highest BCUT2D eigenvalue weighted by molar-refractivity contribution is 5.14. The largest absolute Gasteiger partial charge is 0.350 e. The molecule has 0 saturated carbocycles. The van der Waals surface area contributed by atoms with Gasteiger partial charge in [-0.1, -0.05) is 37.3 Å². The van der Waals surface area contributed by atoms with Gasteiger partial charge in [0, 0.05) is 24.9 Å². The van der Waals surface area contributed by atoms with Crippen molar-refractivity contribution >= 4 is 0 Å². The molecule has 17 heavy (non-hydrogen) atoms. The minimum atomic E-state index is -0.00786. The molecular formula is C14H19NO2. The van der Waals surface area contributed by atoms with E-state index in [0.29, 0.717) is 12.0 Å². The van der Waals surface area contributed by atoms with Gasteiger partial charge in [0.05, 0.1) is 6.61 Å². The molecule has 2 heterocycles. The smallest absolute Gasteiger partial charge is 0.179 e. The van der Waals surface area contributed by atoms with E-state index in [9.17, 15) is 0 Å². The van der Waals surface area contributed by atoms with Crippen LogP contribution in [0.1, 0.15) is 25.3 Å². The van der Waals surface area contributed by atoms with E-state index in [-0.39, 0.29) is 6.29 Å². The highest BCUT2D eigenvalue weighted by Crippen LogP contribution is 2.35. The average Bonchev–Trinajstić information content (AvgIpc) is 2.69. The Bertz CT molecular complexity index is 368. The van der Waals surface area contributed by atoms with Crippen LogP contribution in [-0.2, 0) is 16.1 Å². The number of hydrogen-bond donors (Lipinski definition) is 0. The van der Waals surface area contributed by atoms with Crippen LogP contribution < -0.4 is 0 Å². The van der Waals surface area contributed by atoms with E-state index in [4.69, 9.17) is 9.57 Å². The number of benzene rings is 1. The maximum Gasteiger partial charge on any atom is 0.179 e. The van der Waals surface area contributed by atoms with Crippen molar-refractivity contribution in [1.82, 2.24) is 5.06 Å². The summed E-state index contributed by atoms with van der Waals surface area (Å²) >= 11 is 0. The SMILES string of the molecule is CCC1COC2CC1N(Cc1ccccc1)O2. The van der Waals surface area contributed by atoms with Gasteiger partial charge in [-0.15, -0.1) is 0 Å². The molecule has 2 saturated heterocycles. The molecule has 3 unspecified atom stereocenters. The standard InChI is InChI=1S/C14H19NO2/c1-2-12-10-16-14-8-13(12)15(17-14)9-11-6-4-3-5-7-11/h3-7,12-14H,2,8-10H2,1H3. The second-order valence-electron chi connectivity index (χ2n) is 4.90. The van der Waals surface area contributed by atoms with Gasteiger partial charge in [0.25, 0.3) is 0 Å². The Balaban J connectivity index is 1.71. The Kier molecular flexibility index (Phi) is 3.14. The normalized spacial score (nSPS) is 32.9. The van der Waals surface area contributed by atoms with Gasteiger partial charge in [0.2, 0.25) is 0 Å². The van der Waals surface area contributed by atoms with Crippen LogP contribution in [0.5, 0.6) is 0 Å². The molecule has 92 valence electrons. The number of hydrogen-bond acceptors (Lipinski definition) is 3. The summed E-state index contributed by atoms with van der Waals surface area (Å²) in [7, 11) is 0. The fraction of sp³-hybridized carbons (Fsp3) is 0.571. The van der Waals surface area contributed by atoms with Crippen molar-refractivity contribution in [2.75, 3.05) is 6.61 Å². The van der Waals surface area contributed by atoms with Gasteiger partial charge in [0.15, 0.2) is 6.29 Å². The van der Waals surface area contributed by atoms with Gasteiger partial charge in [-0.3, -0.25) is 4.84 Å². The summed E-state index contributed by atoms with van der Waals surface area (Å²) in [5.74, 6) is 0.609. The summed E-state index contributed by atoms with van der Waals surface area (Å²) < 4.78 is 5.68. The summed E-state index contributed by atoms with van der Waals surface area (Å²) in [5, 5.41) is 2.13. The first-order valence-electron chi connectivity index (χ1n) is 6.45. The van der Waals surface area contributed by atoms with E-state index in [1.54, 1.807) is 0 Å². The predicted molar refractivity (Wildman–Crippen MR) is 65.0 cm³/mol. The quantitative estimate of drug-likeness (QED) is 0.801. The van der Waals surface area contributed by atoms with Crippen molar-refractivity contribution in [2.24, 2.45) is 5.92 Å². The molecular weight excluding hydrogens is 214 g/mol. The molecule has 2 aliphatic rings. The van der Waals surface area contributed by atoms with Crippen molar-refractivity contribution in [1.29, 1.82) is 0 Å². The molecule has 3 atom stereocenters. The molecule has 3 rings (SSSR count). The summed E-state index contributed by atoms with van der Waals surface area (Å²) in [6.07, 6.45) is 2.17. The van der Waals surface area contributed by atoms with E-state index in [0.717, 1.165) is 26.0 Å². The highest BCUT2D eigenvalue weighted by Gasteiger charge is 2.42. The Morgan fingerprint density at radius 2 is 2.12 bits per heavy atom. The van der Waals surface area contributed by atoms with Crippen LogP contribution >= 0.6 is 0 Å². The monoisotopic (exact) mass is 233 g/mol. The summed E-state index contributed by atoms with van der Waals surface area (Å²) in [5.41, 5.74) is 1.30. The minimum absolute atomic E-state index is 0.00786. The number of rotatable bonds is 3. The third kappa shape index (κ3) is 2.23. The van der Waals surface area contributed by atoms with E-state index >= 15 is 0 Å². The Hall–Kier alpha value is -0.900. The van der Waals surface area contributed by atoms with Gasteiger partial charge < -0.3 is 4.74 Å². The first-order valence-corrected chi connectivity index (χ1v) is 6.45. The fourth-order valence-electron chi connectivity index (χ4n) is 2.76. The van der Waals surface area contributed by atoms with Gasteiger partial charge in [-0.25, -0.2) is 0 Å². The van der Waals surface area contributed by atoms with Crippen molar-refractivity contribution in [3.8, 4) is 0 Å². The van der Waals surface area contributed by atoms with E-state index < -0.39 is 0 Å². The van der Waals surface area contributed by atoms with Gasteiger partial charge in [0.1, 0.15) is 0 Å². The topological polar surface area (TPSA) is 21.7 Å². The van der Waals surface area contributed by atoms with E-state index in [2.05, 4.69) is 36.3 Å². The molecule has 1 aromatic rings. The van der Waals surface area contributed by atoms with Crippen molar-refractivity contribution in [3.63, 3.8) is 0 Å². The fourth-order valence-corrected chi connectivity index (χ4v) is 2.76. The lowest BCUT2D eigenvalue weighted by Gasteiger charge is -2.28. The molecule has 3 nitrogen and oxygen atoms in total. The first-order chi connectivity index (χ1) is 8.36. The van der Waals surface area contributed by atoms with Crippen LogP contribution in [0, 0.1) is 5.92 Å². The number of fused-ring (bicyclic) bond motifs is 2. The number of hydroxylamine groups is 2.